The molecule has 1 aliphatic heterocycles. The number of carboxylic acids is 2. The molecule has 172 valence electrons. The molecule has 1 aromatic heterocycles. The third-order valence-corrected chi connectivity index (χ3v) is 7.56. The summed E-state index contributed by atoms with van der Waals surface area (Å²) < 4.78 is 0. The predicted molar refractivity (Wildman–Crippen MR) is 125 cm³/mol. The molecule has 3 N–H and O–H groups in total. The number of allylic oxidation sites excluding steroid dienone is 1. The van der Waals surface area contributed by atoms with Gasteiger partial charge in [0.2, 0.25) is 0 Å². The van der Waals surface area contributed by atoms with Gasteiger partial charge >= 0.3 is 11.9 Å². The summed E-state index contributed by atoms with van der Waals surface area (Å²) in [6.07, 6.45) is 3.39. The van der Waals surface area contributed by atoms with Crippen molar-refractivity contribution in [2.24, 2.45) is 5.92 Å². The summed E-state index contributed by atoms with van der Waals surface area (Å²) in [7, 11) is 0. The van der Waals surface area contributed by atoms with Crippen molar-refractivity contribution in [3.8, 4) is 0 Å². The Bertz CT molecular complexity index is 1020. The number of hydrogen-bond donors (Lipinski definition) is 3. The number of hydrogen-bond acceptors (Lipinski definition) is 3. The van der Waals surface area contributed by atoms with Crippen molar-refractivity contribution in [1.29, 1.82) is 0 Å². The van der Waals surface area contributed by atoms with Gasteiger partial charge < -0.3 is 20.1 Å². The number of aromatic nitrogens is 1. The van der Waals surface area contributed by atoms with Crippen molar-refractivity contribution in [1.82, 2.24) is 9.88 Å². The Morgan fingerprint density at radius 1 is 1.12 bits per heavy atom. The number of benzene rings is 1. The smallest absolute Gasteiger partial charge is 0.334 e. The Morgan fingerprint density at radius 3 is 2.25 bits per heavy atom. The average molecular weight is 459 g/mol. The molecule has 3 unspecified atom stereocenters. The van der Waals surface area contributed by atoms with Gasteiger partial charge in [-0.15, -0.1) is 0 Å². The van der Waals surface area contributed by atoms with Crippen molar-refractivity contribution in [3.63, 3.8) is 0 Å². The van der Waals surface area contributed by atoms with Crippen molar-refractivity contribution >= 4 is 23.5 Å². The lowest BCUT2D eigenvalue weighted by atomic mass is 9.54. The van der Waals surface area contributed by atoms with E-state index >= 15 is 0 Å². The Morgan fingerprint density at radius 2 is 1.78 bits per heavy atom. The van der Waals surface area contributed by atoms with Gasteiger partial charge in [-0.1, -0.05) is 37.6 Å². The zero-order valence-electron chi connectivity index (χ0n) is 19.0. The van der Waals surface area contributed by atoms with Crippen molar-refractivity contribution in [2.45, 2.75) is 57.9 Å². The van der Waals surface area contributed by atoms with Crippen molar-refractivity contribution < 1.29 is 19.8 Å². The molecule has 2 aromatic rings. The molecule has 2 heterocycles. The predicted octanol–water partition coefficient (Wildman–Crippen LogP) is 5.10. The zero-order chi connectivity index (χ0) is 23.7. The highest BCUT2D eigenvalue weighted by Gasteiger charge is 2.61. The topological polar surface area (TPSA) is 93.6 Å². The van der Waals surface area contributed by atoms with E-state index in [4.69, 9.17) is 11.6 Å². The van der Waals surface area contributed by atoms with Crippen LogP contribution in [0, 0.1) is 5.92 Å². The quantitative estimate of drug-likeness (QED) is 0.511. The number of carbonyl (C=O) groups is 2. The van der Waals surface area contributed by atoms with Crippen LogP contribution in [0.1, 0.15) is 51.8 Å². The molecule has 1 aliphatic rings. The minimum absolute atomic E-state index is 0.145. The average Bonchev–Trinajstić information content (AvgIpc) is 3.26. The summed E-state index contributed by atoms with van der Waals surface area (Å²) in [5, 5.41) is 21.5. The lowest BCUT2D eigenvalue weighted by molar-refractivity contribution is -0.153. The van der Waals surface area contributed by atoms with Gasteiger partial charge in [0, 0.05) is 41.0 Å². The largest absolute Gasteiger partial charge is 0.481 e. The molecule has 0 aliphatic carbocycles. The van der Waals surface area contributed by atoms with Gasteiger partial charge in [-0.25, -0.2) is 4.79 Å². The van der Waals surface area contributed by atoms with Crippen LogP contribution in [0.5, 0.6) is 0 Å². The van der Waals surface area contributed by atoms with Crippen LogP contribution in [0.4, 0.5) is 0 Å². The number of halogens is 1. The Balaban J connectivity index is 2.30. The second kappa shape index (κ2) is 9.02. The molecule has 3 rings (SSSR count). The second-order valence-electron chi connectivity index (χ2n) is 8.68. The van der Waals surface area contributed by atoms with E-state index in [2.05, 4.69) is 4.98 Å². The number of nitrogens with one attached hydrogen (secondary N) is 1. The van der Waals surface area contributed by atoms with Crippen LogP contribution in [-0.2, 0) is 21.4 Å². The molecule has 0 amide bonds. The summed E-state index contributed by atoms with van der Waals surface area (Å²) in [6, 6.07) is 10.8. The van der Waals surface area contributed by atoms with Crippen LogP contribution in [0.2, 0.25) is 5.02 Å². The lowest BCUT2D eigenvalue weighted by Gasteiger charge is -2.58. The highest BCUT2D eigenvalue weighted by Crippen LogP contribution is 2.55. The molecular weight excluding hydrogens is 428 g/mol. The summed E-state index contributed by atoms with van der Waals surface area (Å²) in [5.41, 5.74) is 0.453. The summed E-state index contributed by atoms with van der Waals surface area (Å²) in [6.45, 7) is 8.11. The molecule has 7 heteroatoms. The van der Waals surface area contributed by atoms with Crippen molar-refractivity contribution in [2.75, 3.05) is 6.54 Å². The highest BCUT2D eigenvalue weighted by molar-refractivity contribution is 6.30. The molecule has 0 saturated carbocycles. The summed E-state index contributed by atoms with van der Waals surface area (Å²) in [5.74, 6) is -3.06. The van der Waals surface area contributed by atoms with E-state index in [1.807, 2.05) is 50.9 Å². The van der Waals surface area contributed by atoms with Gasteiger partial charge in [-0.2, -0.15) is 0 Å². The first-order chi connectivity index (χ1) is 15.1. The van der Waals surface area contributed by atoms with Crippen LogP contribution in [0.25, 0.3) is 0 Å². The molecule has 0 bridgehead atoms. The van der Waals surface area contributed by atoms with Gasteiger partial charge in [0.05, 0.1) is 17.0 Å². The Hall–Kier alpha value is -2.73. The molecule has 32 heavy (non-hydrogen) atoms. The second-order valence-corrected chi connectivity index (χ2v) is 9.11. The van der Waals surface area contributed by atoms with Gasteiger partial charge in [0.25, 0.3) is 0 Å². The minimum Gasteiger partial charge on any atom is -0.481 e. The third kappa shape index (κ3) is 3.71. The molecule has 0 spiro atoms. The normalized spacial score (nSPS) is 25.8. The molecule has 0 fully saturated rings. The molecule has 0 saturated heterocycles. The first kappa shape index (κ1) is 23.9. The molecule has 6 nitrogen and oxygen atoms in total. The van der Waals surface area contributed by atoms with Gasteiger partial charge in [-0.05, 0) is 56.5 Å². The van der Waals surface area contributed by atoms with E-state index in [-0.39, 0.29) is 5.57 Å². The molecule has 1 aromatic carbocycles. The maximum Gasteiger partial charge on any atom is 0.334 e. The third-order valence-electron chi connectivity index (χ3n) is 7.30. The van der Waals surface area contributed by atoms with E-state index in [0.29, 0.717) is 42.1 Å². The monoisotopic (exact) mass is 458 g/mol. The first-order valence-electron chi connectivity index (χ1n) is 11.0. The van der Waals surface area contributed by atoms with E-state index in [9.17, 15) is 19.8 Å². The number of nitrogens with zero attached hydrogens (tertiary/aromatic N) is 1. The van der Waals surface area contributed by atoms with Crippen LogP contribution < -0.4 is 0 Å². The fraction of sp³-hybridized carbons (Fsp3) is 0.440. The van der Waals surface area contributed by atoms with Crippen molar-refractivity contribution in [3.05, 3.63) is 70.1 Å². The minimum atomic E-state index is -1.19. The van der Waals surface area contributed by atoms with Gasteiger partial charge in [0.1, 0.15) is 0 Å². The van der Waals surface area contributed by atoms with E-state index in [1.165, 1.54) is 0 Å². The number of rotatable bonds is 8. The SMILES string of the molecule is CCC1(c2ccc(Cl)cc2)C(C(=O)O)=C(C)N(CCc2ccc[nH]2)C(C)(CC)C1C(=O)O. The number of aliphatic carboxylic acids is 2. The maximum atomic E-state index is 12.9. The van der Waals surface area contributed by atoms with Gasteiger partial charge in [-0.3, -0.25) is 4.79 Å². The van der Waals surface area contributed by atoms with E-state index < -0.39 is 28.8 Å². The zero-order valence-corrected chi connectivity index (χ0v) is 19.7. The fourth-order valence-corrected chi connectivity index (χ4v) is 5.84. The number of H-pyrrole nitrogens is 1. The number of carboxylic acid groups (broad SMARTS) is 2. The summed E-state index contributed by atoms with van der Waals surface area (Å²) in [4.78, 5) is 30.8. The van der Waals surface area contributed by atoms with E-state index in [0.717, 1.165) is 5.69 Å². The maximum absolute atomic E-state index is 12.9. The van der Waals surface area contributed by atoms with E-state index in [1.54, 1.807) is 24.3 Å². The Kier molecular flexibility index (Phi) is 6.75. The van der Waals surface area contributed by atoms with Crippen LogP contribution in [-0.4, -0.2) is 44.1 Å². The van der Waals surface area contributed by atoms with Crippen LogP contribution in [0.15, 0.2) is 53.9 Å². The molecular formula is C25H31ClN2O4. The summed E-state index contributed by atoms with van der Waals surface area (Å²) >= 11 is 6.11. The number of aromatic amines is 1. The molecule has 3 atom stereocenters. The fourth-order valence-electron chi connectivity index (χ4n) is 5.71. The Labute approximate surface area is 193 Å². The molecule has 0 radical (unpaired) electrons. The highest BCUT2D eigenvalue weighted by atomic mass is 35.5. The first-order valence-corrected chi connectivity index (χ1v) is 11.3. The standard InChI is InChI=1S/C25H31ClN2O4/c1-5-24(4)21(23(31)32)25(6-2,17-9-11-18(26)12-10-17)20(22(29)30)16(3)28(24)15-13-19-8-7-14-27-19/h7-12,14,21,27H,5-6,13,15H2,1-4H3,(H,29,30)(H,31,32). The van der Waals surface area contributed by atoms with Crippen LogP contribution in [0.3, 0.4) is 0 Å². The van der Waals surface area contributed by atoms with Gasteiger partial charge in [0.15, 0.2) is 0 Å². The lowest BCUT2D eigenvalue weighted by Crippen LogP contribution is -2.65. The van der Waals surface area contributed by atoms with Crippen LogP contribution >= 0.6 is 11.6 Å².